The Balaban J connectivity index is 0.000000819. The maximum Gasteiger partial charge on any atom is 0.0182 e. The summed E-state index contributed by atoms with van der Waals surface area (Å²) >= 11 is 0. The van der Waals surface area contributed by atoms with E-state index in [-0.39, 0.29) is 1.43 Å². The second kappa shape index (κ2) is 8.66. The van der Waals surface area contributed by atoms with E-state index in [1.165, 1.54) is 57.8 Å². The number of aromatic amines is 1. The molecule has 1 heteroatoms. The number of fused-ring (bicyclic) bond motifs is 1. The lowest BCUT2D eigenvalue weighted by Crippen LogP contribution is -2.25. The molecule has 1 heterocycles. The van der Waals surface area contributed by atoms with E-state index in [2.05, 4.69) is 18.8 Å². The van der Waals surface area contributed by atoms with E-state index in [0.717, 1.165) is 0 Å². The zero-order chi connectivity index (χ0) is 15.9. The lowest BCUT2D eigenvalue weighted by Gasteiger charge is -2.33. The van der Waals surface area contributed by atoms with Gasteiger partial charge in [0.1, 0.15) is 0 Å². The fourth-order valence-electron chi connectivity index (χ4n) is 4.20. The van der Waals surface area contributed by atoms with Crippen molar-refractivity contribution in [2.75, 3.05) is 0 Å². The molecule has 2 aliphatic rings. The molecule has 2 aliphatic carbocycles. The average molecular weight is 294 g/mol. The van der Waals surface area contributed by atoms with Gasteiger partial charge in [-0.15, -0.1) is 0 Å². The largest absolute Gasteiger partial charge is 0.362 e. The number of hydrogen-bond acceptors (Lipinski definition) is 0. The maximum absolute atomic E-state index is 3.67. The van der Waals surface area contributed by atoms with Gasteiger partial charge in [-0.25, -0.2) is 0 Å². The van der Waals surface area contributed by atoms with Crippen LogP contribution in [0.5, 0.6) is 0 Å². The Morgan fingerprint density at radius 2 is 1.24 bits per heavy atom. The van der Waals surface area contributed by atoms with E-state index in [9.17, 15) is 0 Å². The number of hydrogen-bond donors (Lipinski definition) is 1. The Bertz CT molecular complexity index is 383. The van der Waals surface area contributed by atoms with Gasteiger partial charge in [-0.3, -0.25) is 0 Å². The van der Waals surface area contributed by atoms with Gasteiger partial charge in [-0.05, 0) is 55.1 Å². The molecule has 0 saturated heterocycles. The molecule has 124 valence electrons. The van der Waals surface area contributed by atoms with Crippen LogP contribution in [0.2, 0.25) is 0 Å². The molecule has 1 saturated carbocycles. The van der Waals surface area contributed by atoms with Gasteiger partial charge in [0.25, 0.3) is 0 Å². The van der Waals surface area contributed by atoms with Crippen LogP contribution in [0.15, 0.2) is 0 Å². The summed E-state index contributed by atoms with van der Waals surface area (Å²) in [5.74, 6) is 0. The molecule has 1 aromatic heterocycles. The van der Waals surface area contributed by atoms with Gasteiger partial charge in [-0.1, -0.05) is 60.8 Å². The molecular formula is C20H39N. The predicted molar refractivity (Wildman–Crippen MR) is 97.3 cm³/mol. The van der Waals surface area contributed by atoms with Crippen LogP contribution in [0.1, 0.15) is 97.6 Å². The van der Waals surface area contributed by atoms with Crippen LogP contribution in [0.25, 0.3) is 0 Å². The molecule has 0 aromatic carbocycles. The highest BCUT2D eigenvalue weighted by Gasteiger charge is 2.40. The molecule has 21 heavy (non-hydrogen) atoms. The molecule has 3 rings (SSSR count). The van der Waals surface area contributed by atoms with Gasteiger partial charge in [0.15, 0.2) is 0 Å². The van der Waals surface area contributed by atoms with Gasteiger partial charge in [0, 0.05) is 12.8 Å². The van der Waals surface area contributed by atoms with E-state index in [0.29, 0.717) is 5.41 Å². The third-order valence-corrected chi connectivity index (χ3v) is 5.12. The number of H-pyrrole nitrogens is 1. The smallest absolute Gasteiger partial charge is 0.0182 e. The maximum atomic E-state index is 3.67. The molecule has 1 nitrogen and oxygen atoms in total. The molecule has 0 atom stereocenters. The molecule has 0 unspecified atom stereocenters. The molecule has 0 aliphatic heterocycles. The van der Waals surface area contributed by atoms with Crippen LogP contribution in [-0.2, 0) is 25.7 Å². The van der Waals surface area contributed by atoms with Crippen molar-refractivity contribution in [3.63, 3.8) is 0 Å². The van der Waals surface area contributed by atoms with Crippen molar-refractivity contribution >= 4 is 0 Å². The lowest BCUT2D eigenvalue weighted by molar-refractivity contribution is 0.201. The Morgan fingerprint density at radius 3 is 1.62 bits per heavy atom. The zero-order valence-corrected chi connectivity index (χ0v) is 15.4. The topological polar surface area (TPSA) is 15.8 Å². The highest BCUT2D eigenvalue weighted by molar-refractivity contribution is 5.43. The zero-order valence-electron chi connectivity index (χ0n) is 15.4. The van der Waals surface area contributed by atoms with Gasteiger partial charge in [0.05, 0.1) is 0 Å². The Morgan fingerprint density at radius 1 is 0.810 bits per heavy atom. The number of nitrogens with one attached hydrogen (secondary N) is 1. The summed E-state index contributed by atoms with van der Waals surface area (Å²) < 4.78 is 0. The number of aryl methyl sites for hydroxylation is 2. The molecule has 1 N–H and O–H groups in total. The summed E-state index contributed by atoms with van der Waals surface area (Å²) in [4.78, 5) is 3.67. The molecule has 0 amide bonds. The van der Waals surface area contributed by atoms with E-state index < -0.39 is 0 Å². The second-order valence-electron chi connectivity index (χ2n) is 6.16. The molecule has 0 bridgehead atoms. The molecule has 1 spiro atoms. The van der Waals surface area contributed by atoms with Crippen molar-refractivity contribution in [2.24, 2.45) is 5.41 Å². The van der Waals surface area contributed by atoms with E-state index in [1.54, 1.807) is 22.5 Å². The normalized spacial score (nSPS) is 18.4. The fourth-order valence-corrected chi connectivity index (χ4v) is 4.20. The van der Waals surface area contributed by atoms with E-state index in [4.69, 9.17) is 0 Å². The summed E-state index contributed by atoms with van der Waals surface area (Å²) in [6.07, 6.45) is 12.5. The van der Waals surface area contributed by atoms with Gasteiger partial charge >= 0.3 is 0 Å². The minimum atomic E-state index is 0. The van der Waals surface area contributed by atoms with Crippen molar-refractivity contribution in [3.8, 4) is 0 Å². The van der Waals surface area contributed by atoms with Crippen molar-refractivity contribution in [2.45, 2.75) is 99.3 Å². The first-order valence-corrected chi connectivity index (χ1v) is 9.49. The average Bonchev–Trinajstić information content (AvgIpc) is 3.07. The summed E-state index contributed by atoms with van der Waals surface area (Å²) in [5, 5.41) is 0. The highest BCUT2D eigenvalue weighted by atomic mass is 14.8. The van der Waals surface area contributed by atoms with Crippen LogP contribution in [-0.4, -0.2) is 4.98 Å². The van der Waals surface area contributed by atoms with E-state index in [1.807, 2.05) is 27.7 Å². The third kappa shape index (κ3) is 3.73. The molecule has 1 fully saturated rings. The molecule has 0 radical (unpaired) electrons. The van der Waals surface area contributed by atoms with Crippen LogP contribution in [0, 0.1) is 5.41 Å². The number of aromatic nitrogens is 1. The molecule has 1 aromatic rings. The summed E-state index contributed by atoms with van der Waals surface area (Å²) in [5.41, 5.74) is 7.18. The fraction of sp³-hybridized carbons (Fsp3) is 0.800. The van der Waals surface area contributed by atoms with Crippen molar-refractivity contribution in [3.05, 3.63) is 22.5 Å². The molecular weight excluding hydrogens is 254 g/mol. The minimum absolute atomic E-state index is 0. The predicted octanol–water partition coefficient (Wildman–Crippen LogP) is 6.49. The standard InChI is InChI=1S/C16H25N.2C2H6.H2/c1-3-14-12-10-16(8-6-5-7-9-16)11-13(12)15(4-2)17-14;2*1-2;/h17H,3-11H2,1-2H3;2*1-2H3;1H. The first-order valence-electron chi connectivity index (χ1n) is 9.49. The first-order chi connectivity index (χ1) is 10.3. The van der Waals surface area contributed by atoms with Gasteiger partial charge < -0.3 is 4.98 Å². The monoisotopic (exact) mass is 293 g/mol. The Labute approximate surface area is 134 Å². The van der Waals surface area contributed by atoms with Crippen LogP contribution < -0.4 is 0 Å². The highest BCUT2D eigenvalue weighted by Crippen LogP contribution is 2.49. The summed E-state index contributed by atoms with van der Waals surface area (Å²) in [7, 11) is 0. The lowest BCUT2D eigenvalue weighted by atomic mass is 9.72. The third-order valence-electron chi connectivity index (χ3n) is 5.12. The van der Waals surface area contributed by atoms with Gasteiger partial charge in [-0.2, -0.15) is 0 Å². The SMILES string of the molecule is CC.CC.CCc1[nH]c(CC)c2c1CC1(CCCCC1)C2.[HH]. The quantitative estimate of drug-likeness (QED) is 0.641. The number of rotatable bonds is 2. The van der Waals surface area contributed by atoms with Crippen molar-refractivity contribution < 1.29 is 1.43 Å². The Kier molecular flexibility index (Phi) is 7.56. The van der Waals surface area contributed by atoms with E-state index >= 15 is 0 Å². The van der Waals surface area contributed by atoms with Crippen LogP contribution >= 0.6 is 0 Å². The van der Waals surface area contributed by atoms with Crippen LogP contribution in [0.3, 0.4) is 0 Å². The second-order valence-corrected chi connectivity index (χ2v) is 6.16. The van der Waals surface area contributed by atoms with Crippen molar-refractivity contribution in [1.29, 1.82) is 0 Å². The Hall–Kier alpha value is -0.720. The summed E-state index contributed by atoms with van der Waals surface area (Å²) in [6.45, 7) is 12.6. The summed E-state index contributed by atoms with van der Waals surface area (Å²) in [6, 6.07) is 0. The first kappa shape index (κ1) is 18.3. The minimum Gasteiger partial charge on any atom is -0.362 e. The van der Waals surface area contributed by atoms with Crippen molar-refractivity contribution in [1.82, 2.24) is 4.98 Å². The van der Waals surface area contributed by atoms with Gasteiger partial charge in [0.2, 0.25) is 0 Å². The van der Waals surface area contributed by atoms with Crippen LogP contribution in [0.4, 0.5) is 0 Å².